The maximum Gasteiger partial charge on any atom is 0.268 e. The van der Waals surface area contributed by atoms with E-state index in [9.17, 15) is 8.78 Å². The molecule has 1 rings (SSSR count). The van der Waals surface area contributed by atoms with Gasteiger partial charge in [-0.05, 0) is 38.5 Å². The van der Waals surface area contributed by atoms with E-state index < -0.39 is 6.43 Å². The lowest BCUT2D eigenvalue weighted by Gasteiger charge is -2.06. The van der Waals surface area contributed by atoms with Crippen LogP contribution in [0.3, 0.4) is 0 Å². The summed E-state index contributed by atoms with van der Waals surface area (Å²) < 4.78 is 25.6. The van der Waals surface area contributed by atoms with Gasteiger partial charge < -0.3 is 5.73 Å². The predicted octanol–water partition coefficient (Wildman–Crippen LogP) is 2.97. The highest BCUT2D eigenvalue weighted by atomic mass is 127. The second kappa shape index (κ2) is 3.82. The molecule has 12 heavy (non-hydrogen) atoms. The Morgan fingerprint density at radius 2 is 2.17 bits per heavy atom. The third-order valence-corrected chi connectivity index (χ3v) is 3.67. The maximum atomic E-state index is 12.3. The van der Waals surface area contributed by atoms with Gasteiger partial charge in [0.2, 0.25) is 0 Å². The number of alkyl halides is 2. The van der Waals surface area contributed by atoms with Crippen molar-refractivity contribution in [1.82, 2.24) is 4.98 Å². The van der Waals surface area contributed by atoms with Crippen molar-refractivity contribution in [2.45, 2.75) is 6.43 Å². The van der Waals surface area contributed by atoms with Crippen LogP contribution in [0.25, 0.3) is 0 Å². The van der Waals surface area contributed by atoms with Crippen LogP contribution in [-0.4, -0.2) is 4.98 Å². The fourth-order valence-electron chi connectivity index (χ4n) is 0.701. The van der Waals surface area contributed by atoms with Crippen LogP contribution in [0.5, 0.6) is 0 Å². The summed E-state index contributed by atoms with van der Waals surface area (Å²) in [5.41, 5.74) is 5.03. The van der Waals surface area contributed by atoms with Crippen molar-refractivity contribution in [3.63, 3.8) is 0 Å². The first-order valence-corrected chi connectivity index (χ1v) is 4.78. The molecular formula is C6H4BrF2IN2. The van der Waals surface area contributed by atoms with Gasteiger partial charge >= 0.3 is 0 Å². The van der Waals surface area contributed by atoms with Gasteiger partial charge in [-0.15, -0.1) is 0 Å². The van der Waals surface area contributed by atoms with Gasteiger partial charge in [-0.2, -0.15) is 0 Å². The Morgan fingerprint density at radius 3 is 2.58 bits per heavy atom. The Morgan fingerprint density at radius 1 is 1.58 bits per heavy atom. The monoisotopic (exact) mass is 348 g/mol. The predicted molar refractivity (Wildman–Crippen MR) is 54.0 cm³/mol. The summed E-state index contributed by atoms with van der Waals surface area (Å²) >= 11 is 4.93. The van der Waals surface area contributed by atoms with Crippen LogP contribution >= 0.6 is 38.5 Å². The number of hydrogen-bond donors (Lipinski definition) is 1. The van der Waals surface area contributed by atoms with Gasteiger partial charge in [0.15, 0.2) is 0 Å². The van der Waals surface area contributed by atoms with Crippen LogP contribution in [-0.2, 0) is 0 Å². The van der Waals surface area contributed by atoms with Gasteiger partial charge in [-0.25, -0.2) is 13.8 Å². The highest BCUT2D eigenvalue weighted by molar-refractivity contribution is 14.1. The molecule has 1 heterocycles. The first-order chi connectivity index (χ1) is 5.54. The molecule has 0 aliphatic heterocycles. The lowest BCUT2D eigenvalue weighted by Crippen LogP contribution is -2.00. The zero-order chi connectivity index (χ0) is 9.30. The van der Waals surface area contributed by atoms with Crippen LogP contribution in [0.15, 0.2) is 10.7 Å². The molecule has 2 nitrogen and oxygen atoms in total. The fourth-order valence-corrected chi connectivity index (χ4v) is 1.61. The van der Waals surface area contributed by atoms with Crippen molar-refractivity contribution in [3.8, 4) is 0 Å². The summed E-state index contributed by atoms with van der Waals surface area (Å²) in [6, 6.07) is 0. The summed E-state index contributed by atoms with van der Waals surface area (Å²) in [4.78, 5) is 3.62. The van der Waals surface area contributed by atoms with Crippen LogP contribution in [0.2, 0.25) is 0 Å². The molecule has 0 saturated carbocycles. The molecule has 0 radical (unpaired) electrons. The van der Waals surface area contributed by atoms with E-state index in [0.29, 0.717) is 8.04 Å². The molecule has 0 saturated heterocycles. The number of nitrogens with zero attached hydrogens (tertiary/aromatic N) is 1. The van der Waals surface area contributed by atoms with Crippen molar-refractivity contribution < 1.29 is 8.78 Å². The summed E-state index contributed by atoms with van der Waals surface area (Å²) in [5.74, 6) is -0.128. The van der Waals surface area contributed by atoms with Crippen molar-refractivity contribution in [1.29, 1.82) is 0 Å². The number of rotatable bonds is 1. The lowest BCUT2D eigenvalue weighted by molar-refractivity contribution is 0.151. The zero-order valence-corrected chi connectivity index (χ0v) is 9.43. The smallest absolute Gasteiger partial charge is 0.268 e. The van der Waals surface area contributed by atoms with E-state index in [4.69, 9.17) is 5.73 Å². The van der Waals surface area contributed by atoms with E-state index in [2.05, 4.69) is 20.9 Å². The van der Waals surface area contributed by atoms with Gasteiger partial charge in [0.25, 0.3) is 6.43 Å². The number of aromatic nitrogens is 1. The quantitative estimate of drug-likeness (QED) is 0.792. The Bertz CT molecular complexity index is 306. The second-order valence-corrected chi connectivity index (χ2v) is 3.97. The summed E-state index contributed by atoms with van der Waals surface area (Å²) in [6.07, 6.45) is -1.16. The molecular weight excluding hydrogens is 345 g/mol. The van der Waals surface area contributed by atoms with Crippen molar-refractivity contribution in [2.24, 2.45) is 0 Å². The minimum Gasteiger partial charge on any atom is -0.383 e. The number of pyridine rings is 1. The van der Waals surface area contributed by atoms with E-state index in [0.717, 1.165) is 0 Å². The average molecular weight is 349 g/mol. The molecule has 0 spiro atoms. The Kier molecular flexibility index (Phi) is 3.22. The Balaban J connectivity index is 3.33. The molecule has 2 N–H and O–H groups in total. The first-order valence-electron chi connectivity index (χ1n) is 2.91. The molecule has 0 aliphatic carbocycles. The molecule has 0 aliphatic rings. The molecule has 6 heteroatoms. The van der Waals surface area contributed by atoms with Crippen molar-refractivity contribution in [2.75, 3.05) is 5.73 Å². The lowest BCUT2D eigenvalue weighted by atomic mass is 10.3. The standard InChI is InChI=1S/C6H4BrF2IN2/c7-4-2(10)1-12-6(11)3(4)5(8)9/h1,5H,(H2,11,12). The van der Waals surface area contributed by atoms with Gasteiger partial charge in [0.05, 0.1) is 5.56 Å². The summed E-state index contributed by atoms with van der Waals surface area (Å²) in [7, 11) is 0. The van der Waals surface area contributed by atoms with E-state index >= 15 is 0 Å². The van der Waals surface area contributed by atoms with Gasteiger partial charge in [-0.1, -0.05) is 0 Å². The first kappa shape index (κ1) is 10.1. The molecule has 0 aromatic carbocycles. The molecule has 1 aromatic rings. The zero-order valence-electron chi connectivity index (χ0n) is 5.69. The van der Waals surface area contributed by atoms with Gasteiger partial charge in [0, 0.05) is 14.2 Å². The van der Waals surface area contributed by atoms with Gasteiger partial charge in [0.1, 0.15) is 5.82 Å². The van der Waals surface area contributed by atoms with Crippen LogP contribution in [0.4, 0.5) is 14.6 Å². The number of anilines is 1. The van der Waals surface area contributed by atoms with Crippen LogP contribution in [0.1, 0.15) is 12.0 Å². The largest absolute Gasteiger partial charge is 0.383 e. The normalized spacial score (nSPS) is 10.8. The maximum absolute atomic E-state index is 12.3. The molecule has 0 unspecified atom stereocenters. The average Bonchev–Trinajstić information content (AvgIpc) is 1.97. The van der Waals surface area contributed by atoms with E-state index in [1.807, 2.05) is 22.6 Å². The van der Waals surface area contributed by atoms with E-state index in [1.165, 1.54) is 6.20 Å². The summed E-state index contributed by atoms with van der Waals surface area (Å²) in [6.45, 7) is 0. The topological polar surface area (TPSA) is 38.9 Å². The Hall–Kier alpha value is 0.0200. The highest BCUT2D eigenvalue weighted by Gasteiger charge is 2.18. The minimum atomic E-state index is -2.60. The SMILES string of the molecule is Nc1ncc(I)c(Br)c1C(F)F. The van der Waals surface area contributed by atoms with Crippen LogP contribution < -0.4 is 5.73 Å². The highest BCUT2D eigenvalue weighted by Crippen LogP contribution is 2.33. The molecule has 1 aromatic heterocycles. The van der Waals surface area contributed by atoms with Crippen LogP contribution in [0, 0.1) is 3.57 Å². The molecule has 66 valence electrons. The number of nitrogens with two attached hydrogens (primary N) is 1. The fraction of sp³-hybridized carbons (Fsp3) is 0.167. The number of hydrogen-bond acceptors (Lipinski definition) is 2. The Labute approximate surface area is 89.8 Å². The van der Waals surface area contributed by atoms with E-state index in [1.54, 1.807) is 0 Å². The molecule has 0 amide bonds. The van der Waals surface area contributed by atoms with Crippen molar-refractivity contribution >= 4 is 44.3 Å². The molecule has 0 bridgehead atoms. The minimum absolute atomic E-state index is 0.128. The number of nitrogen functional groups attached to an aromatic ring is 1. The van der Waals surface area contributed by atoms with Gasteiger partial charge in [-0.3, -0.25) is 0 Å². The van der Waals surface area contributed by atoms with E-state index in [-0.39, 0.29) is 11.4 Å². The summed E-state index contributed by atoms with van der Waals surface area (Å²) in [5, 5.41) is 0. The van der Waals surface area contributed by atoms with Crippen molar-refractivity contribution in [3.05, 3.63) is 19.8 Å². The third kappa shape index (κ3) is 1.85. The second-order valence-electron chi connectivity index (χ2n) is 2.02. The molecule has 0 fully saturated rings. The number of halogens is 4. The third-order valence-electron chi connectivity index (χ3n) is 1.26. The molecule has 0 atom stereocenters.